The van der Waals surface area contributed by atoms with Crippen molar-refractivity contribution < 1.29 is 14.1 Å². The maximum atomic E-state index is 12.4. The van der Waals surface area contributed by atoms with Gasteiger partial charge in [0.1, 0.15) is 5.82 Å². The third-order valence-electron chi connectivity index (χ3n) is 5.43. The minimum absolute atomic E-state index is 0.0853. The van der Waals surface area contributed by atoms with E-state index in [4.69, 9.17) is 9.26 Å². The molecule has 0 radical (unpaired) electrons. The Morgan fingerprint density at radius 3 is 2.63 bits per heavy atom. The first kappa shape index (κ1) is 19.5. The van der Waals surface area contributed by atoms with E-state index in [1.165, 1.54) is 0 Å². The fourth-order valence-corrected chi connectivity index (χ4v) is 3.57. The van der Waals surface area contributed by atoms with Crippen LogP contribution >= 0.6 is 0 Å². The van der Waals surface area contributed by atoms with Crippen LogP contribution in [0.5, 0.6) is 0 Å². The number of ether oxygens (including phenoxy) is 1. The molecule has 1 amide bonds. The molecule has 2 aromatic heterocycles. The van der Waals surface area contributed by atoms with E-state index in [1.54, 1.807) is 13.3 Å². The monoisotopic (exact) mass is 372 g/mol. The zero-order valence-corrected chi connectivity index (χ0v) is 16.5. The Morgan fingerprint density at radius 2 is 2.00 bits per heavy atom. The zero-order chi connectivity index (χ0) is 19.4. The van der Waals surface area contributed by atoms with Gasteiger partial charge >= 0.3 is 0 Å². The van der Waals surface area contributed by atoms with Gasteiger partial charge in [0.25, 0.3) is 0 Å². The molecule has 7 nitrogen and oxygen atoms in total. The number of aryl methyl sites for hydroxylation is 2. The molecule has 146 valence electrons. The van der Waals surface area contributed by atoms with Crippen molar-refractivity contribution in [2.75, 3.05) is 13.7 Å². The number of rotatable bonds is 6. The van der Waals surface area contributed by atoms with Crippen molar-refractivity contribution in [3.63, 3.8) is 0 Å². The SMILES string of the molecule is COC1CCC(C(=O)NCCc2nc(C)ncc2-c2onc(C)c2C)CC1. The first-order valence-electron chi connectivity index (χ1n) is 9.55. The van der Waals surface area contributed by atoms with Crippen molar-refractivity contribution in [2.24, 2.45) is 5.92 Å². The van der Waals surface area contributed by atoms with Crippen molar-refractivity contribution in [1.29, 1.82) is 0 Å². The van der Waals surface area contributed by atoms with Gasteiger partial charge in [-0.2, -0.15) is 0 Å². The molecule has 2 aromatic rings. The van der Waals surface area contributed by atoms with Crippen molar-refractivity contribution in [3.8, 4) is 11.3 Å². The highest BCUT2D eigenvalue weighted by molar-refractivity contribution is 5.78. The first-order valence-corrected chi connectivity index (χ1v) is 9.55. The van der Waals surface area contributed by atoms with Gasteiger partial charge in [-0.05, 0) is 46.5 Å². The van der Waals surface area contributed by atoms with E-state index in [9.17, 15) is 4.79 Å². The van der Waals surface area contributed by atoms with Gasteiger partial charge in [0.15, 0.2) is 5.76 Å². The van der Waals surface area contributed by atoms with Crippen LogP contribution in [0, 0.1) is 26.7 Å². The molecule has 0 unspecified atom stereocenters. The van der Waals surface area contributed by atoms with Crippen molar-refractivity contribution in [3.05, 3.63) is 29.0 Å². The van der Waals surface area contributed by atoms with Gasteiger partial charge in [0.2, 0.25) is 5.91 Å². The van der Waals surface area contributed by atoms with Gasteiger partial charge in [0, 0.05) is 37.8 Å². The highest BCUT2D eigenvalue weighted by Gasteiger charge is 2.26. The predicted octanol–water partition coefficient (Wildman–Crippen LogP) is 2.92. The Bertz CT molecular complexity index is 795. The lowest BCUT2D eigenvalue weighted by Crippen LogP contribution is -2.35. The summed E-state index contributed by atoms with van der Waals surface area (Å²) in [6, 6.07) is 0. The first-order chi connectivity index (χ1) is 13.0. The van der Waals surface area contributed by atoms with Crippen molar-refractivity contribution in [2.45, 2.75) is 59.0 Å². The second-order valence-corrected chi connectivity index (χ2v) is 7.25. The summed E-state index contributed by atoms with van der Waals surface area (Å²) < 4.78 is 10.9. The highest BCUT2D eigenvalue weighted by atomic mass is 16.5. The largest absolute Gasteiger partial charge is 0.381 e. The van der Waals surface area contributed by atoms with Crippen molar-refractivity contribution >= 4 is 5.91 Å². The molecule has 0 spiro atoms. The highest BCUT2D eigenvalue weighted by Crippen LogP contribution is 2.28. The maximum absolute atomic E-state index is 12.4. The van der Waals surface area contributed by atoms with E-state index in [0.717, 1.165) is 48.2 Å². The number of amides is 1. The molecule has 1 fully saturated rings. The number of hydrogen-bond donors (Lipinski definition) is 1. The summed E-state index contributed by atoms with van der Waals surface area (Å²) in [5.74, 6) is 1.62. The number of nitrogens with zero attached hydrogens (tertiary/aromatic N) is 3. The fourth-order valence-electron chi connectivity index (χ4n) is 3.57. The summed E-state index contributed by atoms with van der Waals surface area (Å²) in [7, 11) is 1.74. The predicted molar refractivity (Wildman–Crippen MR) is 101 cm³/mol. The molecule has 0 aromatic carbocycles. The van der Waals surface area contributed by atoms with Gasteiger partial charge < -0.3 is 14.6 Å². The summed E-state index contributed by atoms with van der Waals surface area (Å²) >= 11 is 0. The quantitative estimate of drug-likeness (QED) is 0.838. The molecule has 0 atom stereocenters. The normalized spacial score (nSPS) is 19.9. The van der Waals surface area contributed by atoms with Gasteiger partial charge in [-0.3, -0.25) is 4.79 Å². The second-order valence-electron chi connectivity index (χ2n) is 7.25. The molecule has 3 rings (SSSR count). The minimum Gasteiger partial charge on any atom is -0.381 e. The van der Waals surface area contributed by atoms with Crippen LogP contribution in [-0.4, -0.2) is 40.8 Å². The number of carbonyl (C=O) groups is 1. The van der Waals surface area contributed by atoms with E-state index < -0.39 is 0 Å². The molecule has 1 N–H and O–H groups in total. The Labute approximate surface area is 159 Å². The summed E-state index contributed by atoms with van der Waals surface area (Å²) in [5, 5.41) is 7.09. The van der Waals surface area contributed by atoms with Crippen molar-refractivity contribution in [1.82, 2.24) is 20.4 Å². The lowest BCUT2D eigenvalue weighted by Gasteiger charge is -2.26. The van der Waals surface area contributed by atoms with Gasteiger partial charge in [-0.15, -0.1) is 0 Å². The summed E-state index contributed by atoms with van der Waals surface area (Å²) in [5.41, 5.74) is 3.55. The molecule has 2 heterocycles. The Balaban J connectivity index is 1.62. The van der Waals surface area contributed by atoms with Gasteiger partial charge in [-0.1, -0.05) is 5.16 Å². The van der Waals surface area contributed by atoms with E-state index in [-0.39, 0.29) is 11.8 Å². The number of methoxy groups -OCH3 is 1. The van der Waals surface area contributed by atoms with Crippen LogP contribution in [0.2, 0.25) is 0 Å². The Morgan fingerprint density at radius 1 is 1.26 bits per heavy atom. The lowest BCUT2D eigenvalue weighted by atomic mass is 9.87. The van der Waals surface area contributed by atoms with Crippen LogP contribution in [0.1, 0.15) is 48.5 Å². The third kappa shape index (κ3) is 4.53. The molecule has 0 saturated heterocycles. The topological polar surface area (TPSA) is 90.1 Å². The molecule has 7 heteroatoms. The van der Waals surface area contributed by atoms with Crippen LogP contribution in [0.3, 0.4) is 0 Å². The van der Waals surface area contributed by atoms with Crippen LogP contribution in [0.15, 0.2) is 10.7 Å². The molecular weight excluding hydrogens is 344 g/mol. The third-order valence-corrected chi connectivity index (χ3v) is 5.43. The number of hydrogen-bond acceptors (Lipinski definition) is 6. The number of aromatic nitrogens is 3. The molecular formula is C20H28N4O3. The Hall–Kier alpha value is -2.28. The standard InChI is InChI=1S/C20H28N4O3/c1-12-13(2)24-27-19(12)17-11-22-14(3)23-18(17)9-10-21-20(25)15-5-7-16(26-4)8-6-15/h11,15-16H,5-10H2,1-4H3,(H,21,25). The van der Waals surface area contributed by atoms with Crippen LogP contribution in [-0.2, 0) is 16.0 Å². The smallest absolute Gasteiger partial charge is 0.223 e. The average Bonchev–Trinajstić information content (AvgIpc) is 3.01. The summed E-state index contributed by atoms with van der Waals surface area (Å²) in [6.45, 7) is 6.29. The van der Waals surface area contributed by atoms with Crippen LogP contribution in [0.25, 0.3) is 11.3 Å². The summed E-state index contributed by atoms with van der Waals surface area (Å²) in [4.78, 5) is 21.3. The van der Waals surface area contributed by atoms with E-state index >= 15 is 0 Å². The molecule has 1 aliphatic carbocycles. The molecule has 0 bridgehead atoms. The number of nitrogens with one attached hydrogen (secondary N) is 1. The molecule has 27 heavy (non-hydrogen) atoms. The zero-order valence-electron chi connectivity index (χ0n) is 16.5. The average molecular weight is 372 g/mol. The van der Waals surface area contributed by atoms with E-state index in [1.807, 2.05) is 20.8 Å². The second kappa shape index (κ2) is 8.61. The van der Waals surface area contributed by atoms with Crippen LogP contribution in [0.4, 0.5) is 0 Å². The lowest BCUT2D eigenvalue weighted by molar-refractivity contribution is -0.126. The molecule has 1 saturated carbocycles. The van der Waals surface area contributed by atoms with Crippen LogP contribution < -0.4 is 5.32 Å². The fraction of sp³-hybridized carbons (Fsp3) is 0.600. The molecule has 1 aliphatic rings. The van der Waals surface area contributed by atoms with Gasteiger partial charge in [0.05, 0.1) is 23.1 Å². The Kier molecular flexibility index (Phi) is 6.21. The van der Waals surface area contributed by atoms with E-state index in [2.05, 4.69) is 20.4 Å². The minimum atomic E-state index is 0.0853. The summed E-state index contributed by atoms with van der Waals surface area (Å²) in [6.07, 6.45) is 6.38. The molecule has 0 aliphatic heterocycles. The van der Waals surface area contributed by atoms with E-state index in [0.29, 0.717) is 30.7 Å². The maximum Gasteiger partial charge on any atom is 0.223 e. The number of carbonyl (C=O) groups excluding carboxylic acids is 1. The van der Waals surface area contributed by atoms with Gasteiger partial charge in [-0.25, -0.2) is 9.97 Å².